The molecule has 14 heteroatoms. The third-order valence-corrected chi connectivity index (χ3v) is 5.14. The first-order chi connectivity index (χ1) is 16.8. The fourth-order valence-corrected chi connectivity index (χ4v) is 3.35. The first-order valence-electron chi connectivity index (χ1n) is 9.88. The molecule has 0 aliphatic carbocycles. The van der Waals surface area contributed by atoms with Crippen molar-refractivity contribution in [3.8, 4) is 23.0 Å². The zero-order valence-corrected chi connectivity index (χ0v) is 19.2. The van der Waals surface area contributed by atoms with Gasteiger partial charge in [-0.05, 0) is 25.1 Å². The van der Waals surface area contributed by atoms with Crippen molar-refractivity contribution < 1.29 is 42.1 Å². The van der Waals surface area contributed by atoms with Crippen LogP contribution in [-0.2, 0) is 6.18 Å². The molecule has 3 amide bonds. The van der Waals surface area contributed by atoms with Gasteiger partial charge < -0.3 is 30.9 Å². The predicted octanol–water partition coefficient (Wildman–Crippen LogP) is 5.41. The Kier molecular flexibility index (Phi) is 7.43. The summed E-state index contributed by atoms with van der Waals surface area (Å²) in [5.41, 5.74) is -3.19. The van der Waals surface area contributed by atoms with E-state index in [2.05, 4.69) is 15.6 Å². The molecule has 1 heterocycles. The summed E-state index contributed by atoms with van der Waals surface area (Å²) >= 11 is 5.51. The molecule has 0 radical (unpaired) electrons. The Morgan fingerprint density at radius 2 is 1.72 bits per heavy atom. The number of nitrogens with one attached hydrogen (secondary N) is 3. The van der Waals surface area contributed by atoms with E-state index in [-0.39, 0.29) is 28.4 Å². The van der Waals surface area contributed by atoms with Crippen molar-refractivity contribution in [3.05, 3.63) is 64.2 Å². The molecule has 190 valence electrons. The van der Waals surface area contributed by atoms with Gasteiger partial charge in [0.15, 0.2) is 5.75 Å². The minimum atomic E-state index is -5.14. The number of hydrogen-bond acceptors (Lipinski definition) is 6. The second-order valence-electron chi connectivity index (χ2n) is 7.16. The number of aromatic nitrogens is 1. The lowest BCUT2D eigenvalue weighted by atomic mass is 10.1. The minimum Gasteiger partial charge on any atom is -0.506 e. The standard InChI is InChI=1S/C22H17ClF4N4O5/c1-9-17(19(33)15(22(25,26)27)16(23)18(9)32)31-21(35)30-13-4-3-10(7-12(13)24)36-11-5-6-29-14(8-11)20(34)28-2/h3-8,32-33H,1-2H3,(H,28,34)(H2,30,31,35). The van der Waals surface area contributed by atoms with Crippen LogP contribution in [0, 0.1) is 12.7 Å². The van der Waals surface area contributed by atoms with Crippen LogP contribution >= 0.6 is 11.6 Å². The molecular formula is C22H17ClF4N4O5. The third-order valence-electron chi connectivity index (χ3n) is 4.77. The number of pyridine rings is 1. The van der Waals surface area contributed by atoms with Crippen molar-refractivity contribution in [2.75, 3.05) is 17.7 Å². The van der Waals surface area contributed by atoms with E-state index in [1.165, 1.54) is 31.4 Å². The number of carbonyl (C=O) groups is 2. The molecule has 0 atom stereocenters. The lowest BCUT2D eigenvalue weighted by molar-refractivity contribution is -0.138. The lowest BCUT2D eigenvalue weighted by Crippen LogP contribution is -2.21. The fraction of sp³-hybridized carbons (Fsp3) is 0.136. The number of phenolic OH excluding ortho intramolecular Hbond substituents is 2. The highest BCUT2D eigenvalue weighted by Crippen LogP contribution is 2.50. The Balaban J connectivity index is 1.79. The maximum atomic E-state index is 14.6. The number of amides is 3. The molecule has 2 aromatic carbocycles. The van der Waals surface area contributed by atoms with Crippen LogP contribution in [0.5, 0.6) is 23.0 Å². The van der Waals surface area contributed by atoms with Crippen LogP contribution < -0.4 is 20.7 Å². The number of benzene rings is 2. The predicted molar refractivity (Wildman–Crippen MR) is 121 cm³/mol. The summed E-state index contributed by atoms with van der Waals surface area (Å²) in [6.45, 7) is 1.11. The molecule has 3 rings (SSSR count). The molecule has 0 saturated heterocycles. The van der Waals surface area contributed by atoms with Crippen molar-refractivity contribution in [3.63, 3.8) is 0 Å². The minimum absolute atomic E-state index is 0.00144. The zero-order valence-electron chi connectivity index (χ0n) is 18.4. The molecule has 0 aliphatic rings. The highest BCUT2D eigenvalue weighted by molar-refractivity contribution is 6.33. The van der Waals surface area contributed by atoms with Gasteiger partial charge in [-0.25, -0.2) is 9.18 Å². The normalized spacial score (nSPS) is 11.1. The van der Waals surface area contributed by atoms with Crippen LogP contribution in [0.2, 0.25) is 5.02 Å². The first kappa shape index (κ1) is 26.3. The molecule has 1 aromatic heterocycles. The summed E-state index contributed by atoms with van der Waals surface area (Å²) in [7, 11) is 1.42. The maximum absolute atomic E-state index is 14.6. The zero-order chi connectivity index (χ0) is 26.8. The van der Waals surface area contributed by atoms with Crippen LogP contribution in [0.3, 0.4) is 0 Å². The monoisotopic (exact) mass is 528 g/mol. The maximum Gasteiger partial charge on any atom is 0.421 e. The number of halogens is 5. The van der Waals surface area contributed by atoms with Crippen molar-refractivity contribution in [2.24, 2.45) is 0 Å². The topological polar surface area (TPSA) is 133 Å². The molecule has 36 heavy (non-hydrogen) atoms. The number of alkyl halides is 3. The van der Waals surface area contributed by atoms with Crippen molar-refractivity contribution >= 4 is 34.9 Å². The Morgan fingerprint density at radius 1 is 1.06 bits per heavy atom. The Morgan fingerprint density at radius 3 is 2.33 bits per heavy atom. The summed E-state index contributed by atoms with van der Waals surface area (Å²) in [6, 6.07) is 4.82. The number of carbonyl (C=O) groups excluding carboxylic acids is 2. The summed E-state index contributed by atoms with van der Waals surface area (Å²) < 4.78 is 59.8. The van der Waals surface area contributed by atoms with Gasteiger partial charge in [-0.3, -0.25) is 9.78 Å². The van der Waals surface area contributed by atoms with Crippen LogP contribution in [0.4, 0.5) is 33.7 Å². The number of urea groups is 1. The van der Waals surface area contributed by atoms with E-state index in [1.54, 1.807) is 0 Å². The number of aromatic hydroxyl groups is 2. The van der Waals surface area contributed by atoms with Crippen LogP contribution in [0.1, 0.15) is 21.6 Å². The smallest absolute Gasteiger partial charge is 0.421 e. The van der Waals surface area contributed by atoms with E-state index < -0.39 is 51.7 Å². The van der Waals surface area contributed by atoms with E-state index in [1.807, 2.05) is 5.32 Å². The van der Waals surface area contributed by atoms with Crippen LogP contribution in [0.25, 0.3) is 0 Å². The molecule has 3 aromatic rings. The number of hydrogen-bond donors (Lipinski definition) is 5. The number of nitrogens with zero attached hydrogens (tertiary/aromatic N) is 1. The van der Waals surface area contributed by atoms with Crippen LogP contribution in [-0.4, -0.2) is 34.2 Å². The quantitative estimate of drug-likeness (QED) is 0.171. The molecule has 0 spiro atoms. The third kappa shape index (κ3) is 5.51. The van der Waals surface area contributed by atoms with Gasteiger partial charge in [-0.2, -0.15) is 13.2 Å². The van der Waals surface area contributed by atoms with E-state index in [0.717, 1.165) is 19.1 Å². The summed E-state index contributed by atoms with van der Waals surface area (Å²) in [6.07, 6.45) is -3.83. The van der Waals surface area contributed by atoms with Gasteiger partial charge in [0, 0.05) is 30.9 Å². The molecule has 0 bridgehead atoms. The van der Waals surface area contributed by atoms with Gasteiger partial charge in [-0.1, -0.05) is 11.6 Å². The lowest BCUT2D eigenvalue weighted by Gasteiger charge is -2.19. The number of anilines is 2. The molecule has 0 saturated carbocycles. The average Bonchev–Trinajstić information content (AvgIpc) is 2.81. The number of rotatable bonds is 5. The van der Waals surface area contributed by atoms with Gasteiger partial charge >= 0.3 is 12.2 Å². The Bertz CT molecular complexity index is 1350. The second kappa shape index (κ2) is 10.2. The van der Waals surface area contributed by atoms with Gasteiger partial charge in [0.25, 0.3) is 5.91 Å². The van der Waals surface area contributed by atoms with Crippen LogP contribution in [0.15, 0.2) is 36.5 Å². The summed E-state index contributed by atoms with van der Waals surface area (Å²) in [5, 5.41) is 25.2. The fourth-order valence-electron chi connectivity index (χ4n) is 3.01. The molecular weight excluding hydrogens is 512 g/mol. The van der Waals surface area contributed by atoms with Crippen molar-refractivity contribution in [2.45, 2.75) is 13.1 Å². The van der Waals surface area contributed by atoms with Gasteiger partial charge in [0.1, 0.15) is 34.3 Å². The number of ether oxygens (including phenoxy) is 1. The first-order valence-corrected chi connectivity index (χ1v) is 10.3. The number of phenols is 2. The van der Waals surface area contributed by atoms with E-state index in [0.29, 0.717) is 0 Å². The molecule has 5 N–H and O–H groups in total. The molecule has 0 aliphatic heterocycles. The molecule has 0 unspecified atom stereocenters. The SMILES string of the molecule is CNC(=O)c1cc(Oc2ccc(NC(=O)Nc3c(C)c(O)c(Cl)c(C(F)(F)F)c3O)c(F)c2)ccn1. The van der Waals surface area contributed by atoms with Crippen molar-refractivity contribution in [1.82, 2.24) is 10.3 Å². The van der Waals surface area contributed by atoms with Gasteiger partial charge in [0.2, 0.25) is 0 Å². The Labute approximate surface area is 205 Å². The Hall–Kier alpha value is -4.26. The molecule has 9 nitrogen and oxygen atoms in total. The van der Waals surface area contributed by atoms with E-state index >= 15 is 0 Å². The average molecular weight is 529 g/mol. The summed E-state index contributed by atoms with van der Waals surface area (Å²) in [5.74, 6) is -3.68. The van der Waals surface area contributed by atoms with Gasteiger partial charge in [0.05, 0.1) is 16.4 Å². The van der Waals surface area contributed by atoms with E-state index in [9.17, 15) is 37.4 Å². The molecule has 0 fully saturated rings. The highest BCUT2D eigenvalue weighted by atomic mass is 35.5. The highest BCUT2D eigenvalue weighted by Gasteiger charge is 2.40. The van der Waals surface area contributed by atoms with Crippen molar-refractivity contribution in [1.29, 1.82) is 0 Å². The summed E-state index contributed by atoms with van der Waals surface area (Å²) in [4.78, 5) is 27.9. The van der Waals surface area contributed by atoms with E-state index in [4.69, 9.17) is 16.3 Å². The second-order valence-corrected chi connectivity index (χ2v) is 7.54. The largest absolute Gasteiger partial charge is 0.506 e. The van der Waals surface area contributed by atoms with Gasteiger partial charge in [-0.15, -0.1) is 0 Å².